The second-order valence-electron chi connectivity index (χ2n) is 3.80. The number of hydrogen-bond acceptors (Lipinski definition) is 2. The number of methoxy groups -OCH3 is 1. The van der Waals surface area contributed by atoms with Gasteiger partial charge in [-0.15, -0.1) is 0 Å². The molecule has 0 bridgehead atoms. The van der Waals surface area contributed by atoms with E-state index < -0.39 is 5.82 Å². The number of halogens is 3. The molecule has 0 unspecified atom stereocenters. The highest BCUT2D eigenvalue weighted by molar-refractivity contribution is 9.11. The molecule has 0 spiro atoms. The largest absolute Gasteiger partial charge is 0.496 e. The molecule has 0 atom stereocenters. The summed E-state index contributed by atoms with van der Waals surface area (Å²) in [6.07, 6.45) is 0. The van der Waals surface area contributed by atoms with E-state index in [0.29, 0.717) is 15.8 Å². The van der Waals surface area contributed by atoms with Gasteiger partial charge in [0.25, 0.3) is 0 Å². The summed E-state index contributed by atoms with van der Waals surface area (Å²) in [6.45, 7) is 0. The number of ketones is 1. The third kappa shape index (κ3) is 3.04. The van der Waals surface area contributed by atoms with Gasteiger partial charge in [0.15, 0.2) is 5.78 Å². The fraction of sp³-hybridized carbons (Fsp3) is 0.0714. The molecule has 2 aromatic carbocycles. The van der Waals surface area contributed by atoms with Crippen molar-refractivity contribution in [2.75, 3.05) is 7.11 Å². The molecule has 5 heteroatoms. The topological polar surface area (TPSA) is 26.3 Å². The molecule has 2 aromatic rings. The highest BCUT2D eigenvalue weighted by Gasteiger charge is 2.18. The quantitative estimate of drug-likeness (QED) is 0.720. The molecule has 0 heterocycles. The van der Waals surface area contributed by atoms with Crippen molar-refractivity contribution < 1.29 is 13.9 Å². The van der Waals surface area contributed by atoms with Crippen LogP contribution in [0.25, 0.3) is 0 Å². The number of benzene rings is 2. The van der Waals surface area contributed by atoms with E-state index in [0.717, 1.165) is 4.47 Å². The van der Waals surface area contributed by atoms with Crippen LogP contribution in [-0.4, -0.2) is 12.9 Å². The van der Waals surface area contributed by atoms with E-state index in [-0.39, 0.29) is 11.3 Å². The molecular formula is C14H9Br2FO2. The van der Waals surface area contributed by atoms with E-state index in [2.05, 4.69) is 31.9 Å². The van der Waals surface area contributed by atoms with Gasteiger partial charge in [0.2, 0.25) is 0 Å². The van der Waals surface area contributed by atoms with Gasteiger partial charge in [0, 0.05) is 14.5 Å². The molecule has 0 amide bonds. The molecule has 0 fully saturated rings. The second kappa shape index (κ2) is 5.84. The Morgan fingerprint density at radius 3 is 2.53 bits per heavy atom. The summed E-state index contributed by atoms with van der Waals surface area (Å²) in [5.74, 6) is -0.432. The maximum Gasteiger partial charge on any atom is 0.198 e. The Morgan fingerprint density at radius 2 is 1.84 bits per heavy atom. The van der Waals surface area contributed by atoms with Crippen LogP contribution in [-0.2, 0) is 0 Å². The van der Waals surface area contributed by atoms with Gasteiger partial charge < -0.3 is 4.74 Å². The summed E-state index contributed by atoms with van der Waals surface area (Å²) in [6, 6.07) is 9.11. The van der Waals surface area contributed by atoms with Crippen LogP contribution in [0.15, 0.2) is 45.3 Å². The van der Waals surface area contributed by atoms with Gasteiger partial charge >= 0.3 is 0 Å². The first-order valence-corrected chi connectivity index (χ1v) is 6.95. The highest BCUT2D eigenvalue weighted by Crippen LogP contribution is 2.28. The minimum absolute atomic E-state index is 0.196. The van der Waals surface area contributed by atoms with E-state index in [1.54, 1.807) is 12.1 Å². The van der Waals surface area contributed by atoms with Gasteiger partial charge in [0.1, 0.15) is 11.6 Å². The Labute approximate surface area is 126 Å². The van der Waals surface area contributed by atoms with Crippen molar-refractivity contribution in [1.82, 2.24) is 0 Å². The van der Waals surface area contributed by atoms with Crippen molar-refractivity contribution in [2.24, 2.45) is 0 Å². The number of carbonyl (C=O) groups excluding carboxylic acids is 1. The summed E-state index contributed by atoms with van der Waals surface area (Å²) < 4.78 is 19.8. The molecule has 98 valence electrons. The molecule has 19 heavy (non-hydrogen) atoms. The van der Waals surface area contributed by atoms with Crippen molar-refractivity contribution in [2.45, 2.75) is 0 Å². The zero-order valence-corrected chi connectivity index (χ0v) is 13.1. The summed E-state index contributed by atoms with van der Waals surface area (Å²) in [4.78, 5) is 12.5. The van der Waals surface area contributed by atoms with Gasteiger partial charge in [-0.1, -0.05) is 31.9 Å². The highest BCUT2D eigenvalue weighted by atomic mass is 79.9. The van der Waals surface area contributed by atoms with Gasteiger partial charge in [-0.2, -0.15) is 0 Å². The smallest absolute Gasteiger partial charge is 0.198 e. The lowest BCUT2D eigenvalue weighted by molar-refractivity contribution is 0.103. The SMILES string of the molecule is COc1ccc(F)cc1C(=O)c1cc(Br)ccc1Br. The Morgan fingerprint density at radius 1 is 1.11 bits per heavy atom. The first-order chi connectivity index (χ1) is 9.02. The molecule has 0 radical (unpaired) electrons. The Balaban J connectivity index is 2.55. The normalized spacial score (nSPS) is 10.3. The molecule has 0 saturated carbocycles. The number of ether oxygens (including phenoxy) is 1. The van der Waals surface area contributed by atoms with Crippen LogP contribution in [0.1, 0.15) is 15.9 Å². The monoisotopic (exact) mass is 386 g/mol. The summed E-state index contributed by atoms with van der Waals surface area (Å²) in [5, 5.41) is 0. The molecule has 0 aliphatic heterocycles. The number of hydrogen-bond donors (Lipinski definition) is 0. The van der Waals surface area contributed by atoms with Gasteiger partial charge in [0.05, 0.1) is 12.7 Å². The molecule has 0 aliphatic carbocycles. The predicted molar refractivity (Wildman–Crippen MR) is 78.2 cm³/mol. The van der Waals surface area contributed by atoms with E-state index in [4.69, 9.17) is 4.74 Å². The molecule has 0 N–H and O–H groups in total. The third-order valence-electron chi connectivity index (χ3n) is 2.58. The van der Waals surface area contributed by atoms with Crippen LogP contribution >= 0.6 is 31.9 Å². The molecular weight excluding hydrogens is 379 g/mol. The van der Waals surface area contributed by atoms with E-state index >= 15 is 0 Å². The average molecular weight is 388 g/mol. The van der Waals surface area contributed by atoms with Crippen LogP contribution in [0.5, 0.6) is 5.75 Å². The zero-order valence-electron chi connectivity index (χ0n) is 9.91. The second-order valence-corrected chi connectivity index (χ2v) is 5.57. The molecule has 0 saturated heterocycles. The number of rotatable bonds is 3. The molecule has 2 nitrogen and oxygen atoms in total. The van der Waals surface area contributed by atoms with Crippen LogP contribution in [0, 0.1) is 5.82 Å². The van der Waals surface area contributed by atoms with E-state index in [9.17, 15) is 9.18 Å². The Hall–Kier alpha value is -1.20. The van der Waals surface area contributed by atoms with Crippen LogP contribution in [0.3, 0.4) is 0 Å². The van der Waals surface area contributed by atoms with Gasteiger partial charge in [-0.25, -0.2) is 4.39 Å². The summed E-state index contributed by atoms with van der Waals surface area (Å²) >= 11 is 6.63. The van der Waals surface area contributed by atoms with Crippen molar-refractivity contribution >= 4 is 37.6 Å². The molecule has 2 rings (SSSR count). The lowest BCUT2D eigenvalue weighted by atomic mass is 10.0. The predicted octanol–water partition coefficient (Wildman–Crippen LogP) is 4.59. The minimum Gasteiger partial charge on any atom is -0.496 e. The van der Waals surface area contributed by atoms with Crippen molar-refractivity contribution in [3.05, 3.63) is 62.3 Å². The number of carbonyl (C=O) groups is 1. The van der Waals surface area contributed by atoms with Crippen molar-refractivity contribution in [3.8, 4) is 5.75 Å². The average Bonchev–Trinajstić information content (AvgIpc) is 2.40. The summed E-state index contributed by atoms with van der Waals surface area (Å²) in [7, 11) is 1.44. The maximum atomic E-state index is 13.3. The molecule has 0 aliphatic rings. The summed E-state index contributed by atoms with van der Waals surface area (Å²) in [5.41, 5.74) is 0.638. The maximum absolute atomic E-state index is 13.3. The Kier molecular flexibility index (Phi) is 4.37. The van der Waals surface area contributed by atoms with Gasteiger partial charge in [-0.05, 0) is 36.4 Å². The zero-order chi connectivity index (χ0) is 14.0. The van der Waals surface area contributed by atoms with Crippen LogP contribution < -0.4 is 4.74 Å². The van der Waals surface area contributed by atoms with Crippen molar-refractivity contribution in [1.29, 1.82) is 0 Å². The van der Waals surface area contributed by atoms with Gasteiger partial charge in [-0.3, -0.25) is 4.79 Å². The standard InChI is InChI=1S/C14H9Br2FO2/c1-19-13-5-3-9(17)7-11(13)14(18)10-6-8(15)2-4-12(10)16/h2-7H,1H3. The minimum atomic E-state index is -0.477. The van der Waals surface area contributed by atoms with Crippen molar-refractivity contribution in [3.63, 3.8) is 0 Å². The fourth-order valence-electron chi connectivity index (χ4n) is 1.67. The first kappa shape index (κ1) is 14.2. The lowest BCUT2D eigenvalue weighted by Gasteiger charge is -2.09. The molecule has 0 aromatic heterocycles. The first-order valence-electron chi connectivity index (χ1n) is 5.36. The fourth-order valence-corrected chi connectivity index (χ4v) is 2.46. The lowest BCUT2D eigenvalue weighted by Crippen LogP contribution is -2.05. The van der Waals surface area contributed by atoms with Crippen LogP contribution in [0.2, 0.25) is 0 Å². The van der Waals surface area contributed by atoms with Crippen LogP contribution in [0.4, 0.5) is 4.39 Å². The third-order valence-corrected chi connectivity index (χ3v) is 3.76. The van der Waals surface area contributed by atoms with E-state index in [1.807, 2.05) is 6.07 Å². The Bertz CT molecular complexity index is 641. The van der Waals surface area contributed by atoms with E-state index in [1.165, 1.54) is 25.3 Å².